The average Bonchev–Trinajstić information content (AvgIpc) is 3.29. The first-order valence-corrected chi connectivity index (χ1v) is 10.4. The van der Waals surface area contributed by atoms with Gasteiger partial charge in [-0.25, -0.2) is 8.42 Å². The van der Waals surface area contributed by atoms with Gasteiger partial charge in [-0.3, -0.25) is 4.79 Å². The molecular weight excluding hydrogens is 310 g/mol. The van der Waals surface area contributed by atoms with Crippen LogP contribution in [0.5, 0.6) is 0 Å². The monoisotopic (exact) mass is 337 g/mol. The second-order valence-electron chi connectivity index (χ2n) is 6.84. The molecule has 0 bridgehead atoms. The molecule has 0 radical (unpaired) electrons. The van der Waals surface area contributed by atoms with Crippen molar-refractivity contribution >= 4 is 15.7 Å². The van der Waals surface area contributed by atoms with E-state index in [1.54, 1.807) is 24.3 Å². The van der Waals surface area contributed by atoms with Gasteiger partial charge in [0.15, 0.2) is 9.84 Å². The van der Waals surface area contributed by atoms with E-state index in [-0.39, 0.29) is 17.7 Å². The summed E-state index contributed by atoms with van der Waals surface area (Å²) in [6.45, 7) is 6.43. The minimum Gasteiger partial charge on any atom is -0.333 e. The van der Waals surface area contributed by atoms with Gasteiger partial charge in [0, 0.05) is 23.9 Å². The zero-order valence-electron chi connectivity index (χ0n) is 14.5. The Morgan fingerprint density at radius 1 is 1.30 bits per heavy atom. The first-order chi connectivity index (χ1) is 10.7. The summed E-state index contributed by atoms with van der Waals surface area (Å²) in [4.78, 5) is 15.0. The highest BCUT2D eigenvalue weighted by Crippen LogP contribution is 2.32. The first-order valence-electron chi connectivity index (χ1n) is 8.32. The number of rotatable bonds is 7. The molecule has 1 aromatic rings. The summed E-state index contributed by atoms with van der Waals surface area (Å²) in [6.07, 6.45) is 4.37. The maximum absolute atomic E-state index is 13.0. The molecule has 0 saturated heterocycles. The molecule has 2 atom stereocenters. The Kier molecular flexibility index (Phi) is 5.50. The van der Waals surface area contributed by atoms with E-state index in [0.29, 0.717) is 23.1 Å². The summed E-state index contributed by atoms with van der Waals surface area (Å²) in [5.74, 6) is 0.438. The average molecular weight is 337 g/mol. The molecule has 5 heteroatoms. The Balaban J connectivity index is 2.25. The van der Waals surface area contributed by atoms with Crippen molar-refractivity contribution in [2.45, 2.75) is 57.9 Å². The number of benzene rings is 1. The maximum Gasteiger partial charge on any atom is 0.254 e. The highest BCUT2D eigenvalue weighted by Gasteiger charge is 2.37. The molecule has 4 nitrogen and oxygen atoms in total. The Hall–Kier alpha value is -1.36. The van der Waals surface area contributed by atoms with Gasteiger partial charge in [-0.05, 0) is 43.4 Å². The quantitative estimate of drug-likeness (QED) is 0.767. The van der Waals surface area contributed by atoms with Crippen LogP contribution in [0.1, 0.15) is 56.0 Å². The number of amides is 1. The van der Waals surface area contributed by atoms with Gasteiger partial charge >= 0.3 is 0 Å². The molecule has 0 aliphatic heterocycles. The Labute approximate surface area is 139 Å². The van der Waals surface area contributed by atoms with Gasteiger partial charge < -0.3 is 4.90 Å². The number of carbonyl (C=O) groups excluding carboxylic acids is 1. The van der Waals surface area contributed by atoms with Gasteiger partial charge in [-0.15, -0.1) is 0 Å². The molecule has 0 unspecified atom stereocenters. The van der Waals surface area contributed by atoms with Crippen LogP contribution < -0.4 is 0 Å². The number of nitrogens with zero attached hydrogens (tertiary/aromatic N) is 1. The van der Waals surface area contributed by atoms with Gasteiger partial charge in [-0.1, -0.05) is 32.4 Å². The van der Waals surface area contributed by atoms with E-state index in [4.69, 9.17) is 0 Å². The molecule has 1 aliphatic rings. The van der Waals surface area contributed by atoms with Crippen molar-refractivity contribution in [2.24, 2.45) is 5.92 Å². The van der Waals surface area contributed by atoms with Gasteiger partial charge in [0.2, 0.25) is 0 Å². The minimum atomic E-state index is -3.10. The molecule has 2 rings (SSSR count). The molecule has 23 heavy (non-hydrogen) atoms. The smallest absolute Gasteiger partial charge is 0.254 e. The van der Waals surface area contributed by atoms with Crippen molar-refractivity contribution in [2.75, 3.05) is 6.26 Å². The van der Waals surface area contributed by atoms with Crippen LogP contribution in [0.2, 0.25) is 0 Å². The van der Waals surface area contributed by atoms with E-state index in [9.17, 15) is 13.2 Å². The van der Waals surface area contributed by atoms with Crippen molar-refractivity contribution in [3.05, 3.63) is 35.4 Å². The lowest BCUT2D eigenvalue weighted by molar-refractivity contribution is 0.0615. The molecule has 128 valence electrons. The summed E-state index contributed by atoms with van der Waals surface area (Å²) in [6, 6.07) is 7.57. The third-order valence-electron chi connectivity index (χ3n) is 4.68. The van der Waals surface area contributed by atoms with Crippen LogP contribution in [0.3, 0.4) is 0 Å². The molecule has 1 aliphatic carbocycles. The van der Waals surface area contributed by atoms with Crippen LogP contribution in [-0.2, 0) is 15.6 Å². The topological polar surface area (TPSA) is 54.5 Å². The third-order valence-corrected chi connectivity index (χ3v) is 5.54. The number of carbonyl (C=O) groups is 1. The highest BCUT2D eigenvalue weighted by atomic mass is 32.2. The van der Waals surface area contributed by atoms with E-state index in [2.05, 4.69) is 20.8 Å². The fourth-order valence-corrected chi connectivity index (χ4v) is 3.68. The Bertz CT molecular complexity index is 665. The molecule has 0 aromatic heterocycles. The van der Waals surface area contributed by atoms with Crippen molar-refractivity contribution in [1.82, 2.24) is 4.90 Å². The second kappa shape index (κ2) is 7.04. The zero-order valence-corrected chi connectivity index (χ0v) is 15.3. The summed E-state index contributed by atoms with van der Waals surface area (Å²) >= 11 is 0. The fraction of sp³-hybridized carbons (Fsp3) is 0.611. The van der Waals surface area contributed by atoms with Gasteiger partial charge in [0.05, 0.1) is 5.75 Å². The molecule has 1 saturated carbocycles. The number of sulfone groups is 1. The minimum absolute atomic E-state index is 0.0238. The van der Waals surface area contributed by atoms with Gasteiger partial charge in [0.1, 0.15) is 0 Å². The molecule has 0 heterocycles. The predicted molar refractivity (Wildman–Crippen MR) is 93.1 cm³/mol. The first kappa shape index (κ1) is 18.0. The van der Waals surface area contributed by atoms with Crippen LogP contribution in [0.25, 0.3) is 0 Å². The molecular formula is C18H27NO3S. The van der Waals surface area contributed by atoms with Crippen LogP contribution in [0.4, 0.5) is 0 Å². The summed E-state index contributed by atoms with van der Waals surface area (Å²) in [7, 11) is -3.10. The summed E-state index contributed by atoms with van der Waals surface area (Å²) in [5, 5.41) is 0. The molecule has 1 fully saturated rings. The number of hydrogen-bond donors (Lipinski definition) is 0. The lowest BCUT2D eigenvalue weighted by Gasteiger charge is -2.33. The SMILES string of the molecule is CC[C@@H](C)[C@H](C)N(C(=O)c1cccc(CS(C)(=O)=O)c1)C1CC1. The number of hydrogen-bond acceptors (Lipinski definition) is 3. The lowest BCUT2D eigenvalue weighted by Crippen LogP contribution is -2.43. The predicted octanol–water partition coefficient (Wildman–Crippen LogP) is 3.27. The normalized spacial score (nSPS) is 17.6. The molecule has 1 aromatic carbocycles. The van der Waals surface area contributed by atoms with Crippen LogP contribution in [-0.4, -0.2) is 37.6 Å². The summed E-state index contributed by atoms with van der Waals surface area (Å²) in [5.41, 5.74) is 1.26. The van der Waals surface area contributed by atoms with Crippen molar-refractivity contribution in [3.8, 4) is 0 Å². The van der Waals surface area contributed by atoms with E-state index in [1.165, 1.54) is 6.26 Å². The van der Waals surface area contributed by atoms with Crippen LogP contribution in [0.15, 0.2) is 24.3 Å². The fourth-order valence-electron chi connectivity index (χ4n) is 2.90. The van der Waals surface area contributed by atoms with Gasteiger partial charge in [0.25, 0.3) is 5.91 Å². The Morgan fingerprint density at radius 3 is 2.48 bits per heavy atom. The molecule has 0 spiro atoms. The zero-order chi connectivity index (χ0) is 17.2. The van der Waals surface area contributed by atoms with E-state index < -0.39 is 9.84 Å². The highest BCUT2D eigenvalue weighted by molar-refractivity contribution is 7.89. The summed E-state index contributed by atoms with van der Waals surface area (Å²) < 4.78 is 22.9. The van der Waals surface area contributed by atoms with Crippen molar-refractivity contribution in [1.29, 1.82) is 0 Å². The third kappa shape index (κ3) is 4.80. The van der Waals surface area contributed by atoms with E-state index in [0.717, 1.165) is 19.3 Å². The van der Waals surface area contributed by atoms with Crippen molar-refractivity contribution < 1.29 is 13.2 Å². The maximum atomic E-state index is 13.0. The van der Waals surface area contributed by atoms with Crippen LogP contribution >= 0.6 is 0 Å². The lowest BCUT2D eigenvalue weighted by atomic mass is 9.98. The molecule has 1 amide bonds. The second-order valence-corrected chi connectivity index (χ2v) is 8.98. The van der Waals surface area contributed by atoms with Crippen molar-refractivity contribution in [3.63, 3.8) is 0 Å². The largest absolute Gasteiger partial charge is 0.333 e. The van der Waals surface area contributed by atoms with Crippen LogP contribution in [0, 0.1) is 5.92 Å². The Morgan fingerprint density at radius 2 is 1.96 bits per heavy atom. The molecule has 0 N–H and O–H groups in total. The van der Waals surface area contributed by atoms with E-state index >= 15 is 0 Å². The standard InChI is InChI=1S/C18H27NO3S/c1-5-13(2)14(3)19(17-9-10-17)18(20)16-8-6-7-15(11-16)12-23(4,21)22/h6-8,11,13-14,17H,5,9-10,12H2,1-4H3/t13-,14+/m1/s1. The van der Waals surface area contributed by atoms with E-state index in [1.807, 2.05) is 4.90 Å². The van der Waals surface area contributed by atoms with Gasteiger partial charge in [-0.2, -0.15) is 0 Å².